The van der Waals surface area contributed by atoms with E-state index in [1.807, 2.05) is 0 Å². The summed E-state index contributed by atoms with van der Waals surface area (Å²) >= 11 is 1.72. The van der Waals surface area contributed by atoms with Crippen LogP contribution in [0.1, 0.15) is 18.4 Å². The van der Waals surface area contributed by atoms with Crippen molar-refractivity contribution >= 4 is 17.7 Å². The molecule has 0 atom stereocenters. The maximum atomic E-state index is 11.5. The largest absolute Gasteiger partial charge is 0.351 e. The Balaban J connectivity index is 1.70. The fourth-order valence-electron chi connectivity index (χ4n) is 1.53. The third-order valence-electron chi connectivity index (χ3n) is 2.78. The Hall–Kier alpha value is -1.00. The first kappa shape index (κ1) is 12.5. The Morgan fingerprint density at radius 3 is 2.65 bits per heavy atom. The molecule has 2 rings (SSSR count). The van der Waals surface area contributed by atoms with Crippen LogP contribution in [0.3, 0.4) is 0 Å². The lowest BCUT2D eigenvalue weighted by molar-refractivity contribution is -0.120. The van der Waals surface area contributed by atoms with Gasteiger partial charge in [-0.15, -0.1) is 11.8 Å². The molecule has 1 aliphatic carbocycles. The van der Waals surface area contributed by atoms with Crippen molar-refractivity contribution in [1.82, 2.24) is 10.6 Å². The molecule has 0 saturated heterocycles. The van der Waals surface area contributed by atoms with Crippen LogP contribution in [0.4, 0.5) is 0 Å². The van der Waals surface area contributed by atoms with Crippen molar-refractivity contribution in [3.8, 4) is 0 Å². The fraction of sp³-hybridized carbons (Fsp3) is 0.462. The van der Waals surface area contributed by atoms with E-state index in [1.165, 1.54) is 17.7 Å². The third kappa shape index (κ3) is 4.40. The summed E-state index contributed by atoms with van der Waals surface area (Å²) in [6, 6.07) is 8.85. The summed E-state index contributed by atoms with van der Waals surface area (Å²) < 4.78 is 0. The summed E-state index contributed by atoms with van der Waals surface area (Å²) in [6.07, 6.45) is 4.48. The number of thioether (sulfide) groups is 1. The molecule has 1 fully saturated rings. The van der Waals surface area contributed by atoms with Crippen molar-refractivity contribution in [3.63, 3.8) is 0 Å². The molecule has 2 N–H and O–H groups in total. The molecule has 0 aliphatic heterocycles. The summed E-state index contributed by atoms with van der Waals surface area (Å²) in [5, 5.41) is 6.11. The predicted octanol–water partition coefficient (Wildman–Crippen LogP) is 1.78. The predicted molar refractivity (Wildman–Crippen MR) is 71.1 cm³/mol. The minimum absolute atomic E-state index is 0.0749. The summed E-state index contributed by atoms with van der Waals surface area (Å²) in [6.45, 7) is 1.05. The van der Waals surface area contributed by atoms with Crippen LogP contribution in [-0.2, 0) is 11.3 Å². The maximum absolute atomic E-state index is 11.5. The number of hydrogen-bond acceptors (Lipinski definition) is 3. The summed E-state index contributed by atoms with van der Waals surface area (Å²) in [5.41, 5.74) is 1.14. The zero-order valence-corrected chi connectivity index (χ0v) is 10.8. The number of hydrogen-bond donors (Lipinski definition) is 2. The number of nitrogens with one attached hydrogen (secondary N) is 2. The average molecular weight is 250 g/mol. The van der Waals surface area contributed by atoms with Gasteiger partial charge in [0.2, 0.25) is 5.91 Å². The Kier molecular flexibility index (Phi) is 4.45. The molecule has 0 radical (unpaired) electrons. The Labute approximate surface area is 106 Å². The Morgan fingerprint density at radius 2 is 2.06 bits per heavy atom. The van der Waals surface area contributed by atoms with Gasteiger partial charge in [-0.05, 0) is 36.8 Å². The van der Waals surface area contributed by atoms with Gasteiger partial charge in [0.25, 0.3) is 0 Å². The van der Waals surface area contributed by atoms with Crippen LogP contribution in [0, 0.1) is 0 Å². The molecule has 17 heavy (non-hydrogen) atoms. The van der Waals surface area contributed by atoms with Gasteiger partial charge in [0, 0.05) is 17.5 Å². The normalized spacial score (nSPS) is 14.6. The van der Waals surface area contributed by atoms with Crippen LogP contribution in [0.15, 0.2) is 29.2 Å². The molecule has 4 heteroatoms. The SMILES string of the molecule is CSc1ccc(CNC(=O)CNC2CC2)cc1. The average Bonchev–Trinajstić information content (AvgIpc) is 3.18. The van der Waals surface area contributed by atoms with E-state index in [-0.39, 0.29) is 5.91 Å². The van der Waals surface area contributed by atoms with Crippen molar-refractivity contribution in [2.75, 3.05) is 12.8 Å². The topological polar surface area (TPSA) is 41.1 Å². The Bertz CT molecular complexity index is 374. The second-order valence-corrected chi connectivity index (χ2v) is 5.16. The first-order valence-corrected chi connectivity index (χ1v) is 7.13. The lowest BCUT2D eigenvalue weighted by atomic mass is 10.2. The standard InChI is InChI=1S/C13H18N2OS/c1-17-12-6-2-10(3-7-12)8-15-13(16)9-14-11-4-5-11/h2-3,6-7,11,14H,4-5,8-9H2,1H3,(H,15,16). The molecule has 1 amide bonds. The van der Waals surface area contributed by atoms with E-state index in [4.69, 9.17) is 0 Å². The van der Waals surface area contributed by atoms with E-state index in [2.05, 4.69) is 41.2 Å². The highest BCUT2D eigenvalue weighted by Crippen LogP contribution is 2.18. The number of benzene rings is 1. The maximum Gasteiger partial charge on any atom is 0.234 e. The fourth-order valence-corrected chi connectivity index (χ4v) is 1.94. The molecular weight excluding hydrogens is 232 g/mol. The van der Waals surface area contributed by atoms with Gasteiger partial charge in [0.1, 0.15) is 0 Å². The lowest BCUT2D eigenvalue weighted by Gasteiger charge is -2.06. The van der Waals surface area contributed by atoms with Crippen LogP contribution in [0.25, 0.3) is 0 Å². The van der Waals surface area contributed by atoms with Crippen LogP contribution >= 0.6 is 11.8 Å². The second kappa shape index (κ2) is 6.07. The van der Waals surface area contributed by atoms with E-state index in [0.717, 1.165) is 5.56 Å². The molecule has 0 bridgehead atoms. The smallest absolute Gasteiger partial charge is 0.234 e. The van der Waals surface area contributed by atoms with Crippen molar-refractivity contribution in [3.05, 3.63) is 29.8 Å². The molecule has 1 aromatic carbocycles. The zero-order chi connectivity index (χ0) is 12.1. The van der Waals surface area contributed by atoms with Crippen LogP contribution < -0.4 is 10.6 Å². The zero-order valence-electron chi connectivity index (χ0n) is 10.0. The van der Waals surface area contributed by atoms with Gasteiger partial charge in [0.15, 0.2) is 0 Å². The minimum Gasteiger partial charge on any atom is -0.351 e. The lowest BCUT2D eigenvalue weighted by Crippen LogP contribution is -2.34. The molecule has 0 aromatic heterocycles. The summed E-state index contributed by atoms with van der Waals surface area (Å²) in [4.78, 5) is 12.7. The van der Waals surface area contributed by atoms with Crippen LogP contribution in [0.2, 0.25) is 0 Å². The van der Waals surface area contributed by atoms with Crippen molar-refractivity contribution in [2.45, 2.75) is 30.3 Å². The van der Waals surface area contributed by atoms with Crippen molar-refractivity contribution < 1.29 is 4.79 Å². The highest BCUT2D eigenvalue weighted by Gasteiger charge is 2.20. The first-order valence-electron chi connectivity index (χ1n) is 5.91. The van der Waals surface area contributed by atoms with Gasteiger partial charge >= 0.3 is 0 Å². The van der Waals surface area contributed by atoms with E-state index >= 15 is 0 Å². The molecule has 0 unspecified atom stereocenters. The molecule has 1 aromatic rings. The highest BCUT2D eigenvalue weighted by molar-refractivity contribution is 7.98. The molecule has 3 nitrogen and oxygen atoms in total. The van der Waals surface area contributed by atoms with E-state index in [1.54, 1.807) is 11.8 Å². The Morgan fingerprint density at radius 1 is 1.35 bits per heavy atom. The molecule has 1 aliphatic rings. The van der Waals surface area contributed by atoms with E-state index < -0.39 is 0 Å². The summed E-state index contributed by atoms with van der Waals surface area (Å²) in [5.74, 6) is 0.0749. The first-order chi connectivity index (χ1) is 8.28. The van der Waals surface area contributed by atoms with Gasteiger partial charge in [-0.3, -0.25) is 4.79 Å². The van der Waals surface area contributed by atoms with Gasteiger partial charge in [-0.2, -0.15) is 0 Å². The number of rotatable bonds is 6. The summed E-state index contributed by atoms with van der Waals surface area (Å²) in [7, 11) is 0. The molecular formula is C13H18N2OS. The third-order valence-corrected chi connectivity index (χ3v) is 3.52. The second-order valence-electron chi connectivity index (χ2n) is 4.28. The van der Waals surface area contributed by atoms with Crippen molar-refractivity contribution in [2.24, 2.45) is 0 Å². The minimum atomic E-state index is 0.0749. The monoisotopic (exact) mass is 250 g/mol. The number of carbonyl (C=O) groups is 1. The van der Waals surface area contributed by atoms with Gasteiger partial charge in [-0.25, -0.2) is 0 Å². The molecule has 0 heterocycles. The van der Waals surface area contributed by atoms with E-state index in [0.29, 0.717) is 19.1 Å². The van der Waals surface area contributed by atoms with Gasteiger partial charge in [-0.1, -0.05) is 12.1 Å². The highest BCUT2D eigenvalue weighted by atomic mass is 32.2. The quantitative estimate of drug-likeness (QED) is 0.756. The van der Waals surface area contributed by atoms with Crippen LogP contribution in [-0.4, -0.2) is 24.7 Å². The molecule has 92 valence electrons. The molecule has 1 saturated carbocycles. The van der Waals surface area contributed by atoms with Gasteiger partial charge < -0.3 is 10.6 Å². The number of carbonyl (C=O) groups excluding carboxylic acids is 1. The van der Waals surface area contributed by atoms with Gasteiger partial charge in [0.05, 0.1) is 6.54 Å². The van der Waals surface area contributed by atoms with E-state index in [9.17, 15) is 4.79 Å². The molecule has 0 spiro atoms. The van der Waals surface area contributed by atoms with Crippen LogP contribution in [0.5, 0.6) is 0 Å². The van der Waals surface area contributed by atoms with Crippen molar-refractivity contribution in [1.29, 1.82) is 0 Å². The number of amides is 1.